The van der Waals surface area contributed by atoms with Gasteiger partial charge in [-0.25, -0.2) is 9.18 Å². The van der Waals surface area contributed by atoms with Gasteiger partial charge in [-0.15, -0.1) is 0 Å². The van der Waals surface area contributed by atoms with Crippen LogP contribution in [0.25, 0.3) is 0 Å². The number of likely N-dealkylation sites (N-methyl/N-ethyl adjacent to an activating group) is 1. The van der Waals surface area contributed by atoms with Gasteiger partial charge in [0, 0.05) is 12.7 Å². The van der Waals surface area contributed by atoms with E-state index in [0.29, 0.717) is 34.0 Å². The van der Waals surface area contributed by atoms with Crippen LogP contribution in [-0.2, 0) is 9.59 Å². The summed E-state index contributed by atoms with van der Waals surface area (Å²) < 4.78 is 19.2. The zero-order chi connectivity index (χ0) is 25.2. The largest absolute Gasteiger partial charge is 0.457 e. The zero-order valence-corrected chi connectivity index (χ0v) is 19.4. The SMILES string of the molecule is CN1C(=O)NC(c2ccc(F)cc2)C2=C1CN(CC(=O)Nc1ccc(Oc3ccccc3)cc1)C2=O. The van der Waals surface area contributed by atoms with Gasteiger partial charge in [0.1, 0.15) is 23.9 Å². The lowest BCUT2D eigenvalue weighted by molar-refractivity contribution is -0.130. The van der Waals surface area contributed by atoms with Crippen LogP contribution in [0.4, 0.5) is 14.9 Å². The molecule has 2 aliphatic rings. The topological polar surface area (TPSA) is 91.0 Å². The van der Waals surface area contributed by atoms with Gasteiger partial charge < -0.3 is 20.3 Å². The summed E-state index contributed by atoms with van der Waals surface area (Å²) in [4.78, 5) is 41.3. The van der Waals surface area contributed by atoms with Gasteiger partial charge >= 0.3 is 6.03 Å². The Labute approximate surface area is 207 Å². The molecule has 0 saturated heterocycles. The zero-order valence-electron chi connectivity index (χ0n) is 19.4. The van der Waals surface area contributed by atoms with Crippen LogP contribution in [0, 0.1) is 5.82 Å². The maximum Gasteiger partial charge on any atom is 0.322 e. The molecule has 3 aromatic carbocycles. The molecule has 8 nitrogen and oxygen atoms in total. The number of rotatable bonds is 6. The van der Waals surface area contributed by atoms with Gasteiger partial charge in [0.05, 0.1) is 23.9 Å². The van der Waals surface area contributed by atoms with Crippen LogP contribution < -0.4 is 15.4 Å². The highest BCUT2D eigenvalue weighted by molar-refractivity contribution is 6.04. The number of urea groups is 1. The van der Waals surface area contributed by atoms with E-state index in [0.717, 1.165) is 0 Å². The molecule has 2 aliphatic heterocycles. The van der Waals surface area contributed by atoms with Crippen molar-refractivity contribution in [3.05, 3.63) is 102 Å². The molecule has 0 bridgehead atoms. The van der Waals surface area contributed by atoms with Crippen molar-refractivity contribution >= 4 is 23.5 Å². The Morgan fingerprint density at radius 1 is 1.00 bits per heavy atom. The third-order valence-electron chi connectivity index (χ3n) is 6.09. The molecule has 36 heavy (non-hydrogen) atoms. The van der Waals surface area contributed by atoms with Crippen LogP contribution in [-0.4, -0.2) is 47.8 Å². The lowest BCUT2D eigenvalue weighted by atomic mass is 9.96. The number of halogens is 1. The second-order valence-corrected chi connectivity index (χ2v) is 8.50. The number of benzene rings is 3. The van der Waals surface area contributed by atoms with E-state index in [4.69, 9.17) is 4.74 Å². The van der Waals surface area contributed by atoms with Gasteiger partial charge in [-0.1, -0.05) is 30.3 Å². The van der Waals surface area contributed by atoms with Gasteiger partial charge in [-0.3, -0.25) is 14.5 Å². The van der Waals surface area contributed by atoms with Crippen molar-refractivity contribution in [2.75, 3.05) is 25.5 Å². The van der Waals surface area contributed by atoms with E-state index in [-0.39, 0.29) is 30.9 Å². The van der Waals surface area contributed by atoms with Gasteiger partial charge in [0.15, 0.2) is 0 Å². The minimum Gasteiger partial charge on any atom is -0.457 e. The van der Waals surface area contributed by atoms with E-state index in [1.807, 2.05) is 30.3 Å². The fourth-order valence-electron chi connectivity index (χ4n) is 4.26. The number of nitrogens with zero attached hydrogens (tertiary/aromatic N) is 2. The number of para-hydroxylation sites is 1. The predicted octanol–water partition coefficient (Wildman–Crippen LogP) is 4.05. The predicted molar refractivity (Wildman–Crippen MR) is 131 cm³/mol. The first-order valence-electron chi connectivity index (χ1n) is 11.3. The van der Waals surface area contributed by atoms with Gasteiger partial charge in [0.25, 0.3) is 5.91 Å². The number of hydrogen-bond donors (Lipinski definition) is 2. The smallest absolute Gasteiger partial charge is 0.322 e. The number of amides is 4. The molecule has 2 heterocycles. The molecule has 0 aromatic heterocycles. The van der Waals surface area contributed by atoms with Crippen molar-refractivity contribution in [2.24, 2.45) is 0 Å². The highest BCUT2D eigenvalue weighted by Crippen LogP contribution is 2.35. The van der Waals surface area contributed by atoms with E-state index in [1.165, 1.54) is 34.1 Å². The molecule has 1 atom stereocenters. The van der Waals surface area contributed by atoms with Crippen LogP contribution in [0.1, 0.15) is 11.6 Å². The molecular weight excluding hydrogens is 463 g/mol. The summed E-state index contributed by atoms with van der Waals surface area (Å²) in [6, 6.07) is 20.8. The number of nitrogens with one attached hydrogen (secondary N) is 2. The van der Waals surface area contributed by atoms with Crippen molar-refractivity contribution in [2.45, 2.75) is 6.04 Å². The normalized spacial score (nSPS) is 17.1. The van der Waals surface area contributed by atoms with Crippen LogP contribution in [0.5, 0.6) is 11.5 Å². The second kappa shape index (κ2) is 9.53. The molecule has 4 amide bonds. The van der Waals surface area contributed by atoms with Crippen LogP contribution in [0.15, 0.2) is 90.1 Å². The van der Waals surface area contributed by atoms with Crippen molar-refractivity contribution in [3.63, 3.8) is 0 Å². The Morgan fingerprint density at radius 3 is 2.36 bits per heavy atom. The van der Waals surface area contributed by atoms with Crippen molar-refractivity contribution in [1.29, 1.82) is 0 Å². The third kappa shape index (κ3) is 4.63. The second-order valence-electron chi connectivity index (χ2n) is 8.50. The third-order valence-corrected chi connectivity index (χ3v) is 6.09. The summed E-state index contributed by atoms with van der Waals surface area (Å²) in [5.74, 6) is 0.184. The molecule has 0 radical (unpaired) electrons. The van der Waals surface area contributed by atoms with Crippen LogP contribution in [0.2, 0.25) is 0 Å². The Bertz CT molecular complexity index is 1340. The first kappa shape index (κ1) is 23.1. The van der Waals surface area contributed by atoms with E-state index in [1.54, 1.807) is 31.3 Å². The summed E-state index contributed by atoms with van der Waals surface area (Å²) >= 11 is 0. The minimum absolute atomic E-state index is 0.118. The average Bonchev–Trinajstić information content (AvgIpc) is 3.20. The molecule has 0 fully saturated rings. The average molecular weight is 487 g/mol. The minimum atomic E-state index is -0.720. The molecule has 1 unspecified atom stereocenters. The highest BCUT2D eigenvalue weighted by Gasteiger charge is 2.43. The summed E-state index contributed by atoms with van der Waals surface area (Å²) in [6.07, 6.45) is 0. The number of anilines is 1. The monoisotopic (exact) mass is 486 g/mol. The van der Waals surface area contributed by atoms with Crippen molar-refractivity contribution < 1.29 is 23.5 Å². The fourth-order valence-corrected chi connectivity index (χ4v) is 4.26. The van der Waals surface area contributed by atoms with Gasteiger partial charge in [0.2, 0.25) is 5.91 Å². The summed E-state index contributed by atoms with van der Waals surface area (Å²) in [5, 5.41) is 5.57. The first-order valence-corrected chi connectivity index (χ1v) is 11.3. The molecule has 0 aliphatic carbocycles. The highest BCUT2D eigenvalue weighted by atomic mass is 19.1. The lowest BCUT2D eigenvalue weighted by Crippen LogP contribution is -2.45. The van der Waals surface area contributed by atoms with E-state index in [9.17, 15) is 18.8 Å². The quantitative estimate of drug-likeness (QED) is 0.550. The molecule has 5 rings (SSSR count). The van der Waals surface area contributed by atoms with Gasteiger partial charge in [-0.2, -0.15) is 0 Å². The number of hydrogen-bond acceptors (Lipinski definition) is 4. The number of ether oxygens (including phenoxy) is 1. The maximum absolute atomic E-state index is 13.4. The Balaban J connectivity index is 1.25. The van der Waals surface area contributed by atoms with Crippen molar-refractivity contribution in [1.82, 2.24) is 15.1 Å². The van der Waals surface area contributed by atoms with Crippen molar-refractivity contribution in [3.8, 4) is 11.5 Å². The first-order chi connectivity index (χ1) is 17.4. The van der Waals surface area contributed by atoms with E-state index >= 15 is 0 Å². The molecule has 3 aromatic rings. The Morgan fingerprint density at radius 2 is 1.67 bits per heavy atom. The molecule has 9 heteroatoms. The maximum atomic E-state index is 13.4. The summed E-state index contributed by atoms with van der Waals surface area (Å²) in [7, 11) is 1.57. The molecular formula is C27H23FN4O4. The number of carbonyl (C=O) groups is 3. The fraction of sp³-hybridized carbons (Fsp3) is 0.148. The van der Waals surface area contributed by atoms with E-state index < -0.39 is 11.9 Å². The molecule has 182 valence electrons. The molecule has 2 N–H and O–H groups in total. The Hall–Kier alpha value is -4.66. The molecule has 0 saturated carbocycles. The van der Waals surface area contributed by atoms with Crippen LogP contribution in [0.3, 0.4) is 0 Å². The summed E-state index contributed by atoms with van der Waals surface area (Å²) in [5.41, 5.74) is 2.04. The van der Waals surface area contributed by atoms with E-state index in [2.05, 4.69) is 10.6 Å². The summed E-state index contributed by atoms with van der Waals surface area (Å²) in [6.45, 7) is -0.0701. The van der Waals surface area contributed by atoms with Crippen LogP contribution >= 0.6 is 0 Å². The standard InChI is InChI=1S/C27H23FN4O4/c1-31-22-15-32(26(34)24(22)25(30-27(31)35)17-7-9-18(28)10-8-17)16-23(33)29-19-11-13-21(14-12-19)36-20-5-3-2-4-6-20/h2-14,25H,15-16H2,1H3,(H,29,33)(H,30,35). The molecule has 0 spiro atoms. The lowest BCUT2D eigenvalue weighted by Gasteiger charge is -2.31. The number of carbonyl (C=O) groups excluding carboxylic acids is 3. The Kier molecular flexibility index (Phi) is 6.12. The van der Waals surface area contributed by atoms with Gasteiger partial charge in [-0.05, 0) is 54.1 Å².